The number of para-hydroxylation sites is 1. The highest BCUT2D eigenvalue weighted by molar-refractivity contribution is 7.98. The smallest absolute Gasteiger partial charge is 0.278 e. The van der Waals surface area contributed by atoms with E-state index in [0.717, 1.165) is 19.3 Å². The van der Waals surface area contributed by atoms with Crippen LogP contribution in [0.2, 0.25) is 0 Å². The Morgan fingerprint density at radius 2 is 1.66 bits per heavy atom. The zero-order valence-electron chi connectivity index (χ0n) is 17.6. The third kappa shape index (κ3) is 4.10. The van der Waals surface area contributed by atoms with Crippen molar-refractivity contribution in [3.05, 3.63) is 80.9 Å². The van der Waals surface area contributed by atoms with E-state index in [1.54, 1.807) is 16.7 Å². The highest BCUT2D eigenvalue weighted by atomic mass is 32.2. The first-order valence-electron chi connectivity index (χ1n) is 10.8. The fraction of sp³-hybridized carbons (Fsp3) is 0.292. The Morgan fingerprint density at radius 3 is 2.44 bits per heavy atom. The third-order valence-electron chi connectivity index (χ3n) is 5.81. The summed E-state index contributed by atoms with van der Waals surface area (Å²) in [5, 5.41) is 9.93. The predicted octanol–water partition coefficient (Wildman–Crippen LogP) is 4.14. The Labute approximate surface area is 188 Å². The molecule has 0 saturated carbocycles. The van der Waals surface area contributed by atoms with E-state index in [-0.39, 0.29) is 17.0 Å². The van der Waals surface area contributed by atoms with Crippen molar-refractivity contribution >= 4 is 33.6 Å². The molecule has 0 fully saturated rings. The van der Waals surface area contributed by atoms with Crippen molar-refractivity contribution in [2.75, 3.05) is 0 Å². The number of benzene rings is 2. The molecule has 32 heavy (non-hydrogen) atoms. The van der Waals surface area contributed by atoms with Crippen LogP contribution in [-0.2, 0) is 12.4 Å². The van der Waals surface area contributed by atoms with Gasteiger partial charge in [0.15, 0.2) is 5.16 Å². The van der Waals surface area contributed by atoms with Crippen molar-refractivity contribution in [1.29, 1.82) is 0 Å². The van der Waals surface area contributed by atoms with Crippen LogP contribution < -0.4 is 11.1 Å². The first kappa shape index (κ1) is 20.6. The van der Waals surface area contributed by atoms with Crippen LogP contribution in [0.25, 0.3) is 21.8 Å². The van der Waals surface area contributed by atoms with Gasteiger partial charge in [-0.2, -0.15) is 4.68 Å². The third-order valence-corrected chi connectivity index (χ3v) is 6.76. The molecule has 0 atom stereocenters. The molecular weight excluding hydrogens is 422 g/mol. The molecule has 5 rings (SSSR count). The monoisotopic (exact) mass is 445 g/mol. The van der Waals surface area contributed by atoms with Crippen molar-refractivity contribution in [2.45, 2.75) is 49.7 Å². The van der Waals surface area contributed by atoms with Crippen molar-refractivity contribution in [2.24, 2.45) is 0 Å². The lowest BCUT2D eigenvalue weighted by atomic mass is 9.97. The van der Waals surface area contributed by atoms with E-state index in [1.165, 1.54) is 34.9 Å². The maximum atomic E-state index is 13.3. The van der Waals surface area contributed by atoms with Gasteiger partial charge in [-0.15, -0.1) is 5.10 Å². The van der Waals surface area contributed by atoms with Gasteiger partial charge in [0.05, 0.1) is 22.2 Å². The summed E-state index contributed by atoms with van der Waals surface area (Å²) in [5.74, 6) is 0.226. The number of nitrogens with zero attached hydrogens (tertiary/aromatic N) is 5. The molecule has 1 aliphatic carbocycles. The van der Waals surface area contributed by atoms with Crippen LogP contribution in [0.1, 0.15) is 32.1 Å². The van der Waals surface area contributed by atoms with Crippen LogP contribution in [0.15, 0.2) is 74.9 Å². The van der Waals surface area contributed by atoms with Gasteiger partial charge < -0.3 is 0 Å². The summed E-state index contributed by atoms with van der Waals surface area (Å²) in [6.07, 6.45) is 7.81. The van der Waals surface area contributed by atoms with Gasteiger partial charge in [-0.3, -0.25) is 14.2 Å². The van der Waals surface area contributed by atoms with Gasteiger partial charge in [-0.1, -0.05) is 52.9 Å². The minimum Gasteiger partial charge on any atom is -0.287 e. The average Bonchev–Trinajstić information content (AvgIpc) is 2.84. The molecule has 2 heterocycles. The lowest BCUT2D eigenvalue weighted by Crippen LogP contribution is -2.26. The molecule has 2 aromatic heterocycles. The summed E-state index contributed by atoms with van der Waals surface area (Å²) in [7, 11) is 0. The van der Waals surface area contributed by atoms with Crippen molar-refractivity contribution in [3.63, 3.8) is 0 Å². The van der Waals surface area contributed by atoms with Gasteiger partial charge in [-0.25, -0.2) is 4.98 Å². The Kier molecular flexibility index (Phi) is 5.85. The molecule has 162 valence electrons. The summed E-state index contributed by atoms with van der Waals surface area (Å²) in [4.78, 5) is 30.8. The summed E-state index contributed by atoms with van der Waals surface area (Å²) < 4.78 is 3.06. The summed E-state index contributed by atoms with van der Waals surface area (Å²) in [6.45, 7) is 0.573. The van der Waals surface area contributed by atoms with E-state index < -0.39 is 0 Å². The molecule has 0 aliphatic heterocycles. The molecule has 0 spiro atoms. The van der Waals surface area contributed by atoms with Crippen LogP contribution in [0.5, 0.6) is 0 Å². The normalized spacial score (nSPS) is 14.1. The van der Waals surface area contributed by atoms with Crippen LogP contribution in [0.3, 0.4) is 0 Å². The second-order valence-corrected chi connectivity index (χ2v) is 8.82. The predicted molar refractivity (Wildman–Crippen MR) is 127 cm³/mol. The van der Waals surface area contributed by atoms with Gasteiger partial charge in [0, 0.05) is 6.54 Å². The van der Waals surface area contributed by atoms with E-state index in [9.17, 15) is 9.59 Å². The number of hydrogen-bond acceptors (Lipinski definition) is 6. The lowest BCUT2D eigenvalue weighted by molar-refractivity contribution is 0.566. The molecule has 4 aromatic rings. The topological polar surface area (TPSA) is 82.7 Å². The number of rotatable bonds is 6. The second kappa shape index (κ2) is 9.08. The lowest BCUT2D eigenvalue weighted by Gasteiger charge is -2.16. The Morgan fingerprint density at radius 1 is 0.906 bits per heavy atom. The van der Waals surface area contributed by atoms with Gasteiger partial charge in [0.2, 0.25) is 0 Å². The van der Waals surface area contributed by atoms with E-state index in [1.807, 2.05) is 36.4 Å². The quantitative estimate of drug-likeness (QED) is 0.252. The maximum Gasteiger partial charge on any atom is 0.278 e. The number of fused-ring (bicyclic) bond motifs is 2. The molecule has 1 aliphatic rings. The Bertz CT molecular complexity index is 1440. The van der Waals surface area contributed by atoms with E-state index in [2.05, 4.69) is 16.4 Å². The van der Waals surface area contributed by atoms with Crippen LogP contribution in [-0.4, -0.2) is 24.5 Å². The van der Waals surface area contributed by atoms with Gasteiger partial charge in [-0.05, 0) is 56.4 Å². The molecular formula is C24H23N5O2S. The Hall–Kier alpha value is -3.26. The van der Waals surface area contributed by atoms with Crippen LogP contribution in [0, 0.1) is 0 Å². The van der Waals surface area contributed by atoms with Gasteiger partial charge in [0.1, 0.15) is 5.52 Å². The SMILES string of the molecule is O=c1c2ccccc2nnn1CSc1nc2ccccc2c(=O)n1CCC1=CCCCC1. The summed E-state index contributed by atoms with van der Waals surface area (Å²) in [6, 6.07) is 14.5. The maximum absolute atomic E-state index is 13.3. The molecule has 0 radical (unpaired) electrons. The number of hydrogen-bond donors (Lipinski definition) is 0. The molecule has 0 bridgehead atoms. The fourth-order valence-corrected chi connectivity index (χ4v) is 4.97. The van der Waals surface area contributed by atoms with Gasteiger partial charge in [0.25, 0.3) is 11.1 Å². The van der Waals surface area contributed by atoms with Crippen LogP contribution >= 0.6 is 11.8 Å². The van der Waals surface area contributed by atoms with Crippen molar-refractivity contribution < 1.29 is 0 Å². The average molecular weight is 446 g/mol. The zero-order valence-corrected chi connectivity index (χ0v) is 18.4. The van der Waals surface area contributed by atoms with Crippen LogP contribution in [0.4, 0.5) is 0 Å². The zero-order chi connectivity index (χ0) is 21.9. The van der Waals surface area contributed by atoms with E-state index in [4.69, 9.17) is 4.98 Å². The highest BCUT2D eigenvalue weighted by Gasteiger charge is 2.14. The minimum absolute atomic E-state index is 0.0496. The number of allylic oxidation sites excluding steroid dienone is 2. The molecule has 0 saturated heterocycles. The van der Waals surface area contributed by atoms with Crippen molar-refractivity contribution in [1.82, 2.24) is 24.5 Å². The first-order valence-corrected chi connectivity index (χ1v) is 11.8. The van der Waals surface area contributed by atoms with E-state index in [0.29, 0.717) is 33.5 Å². The molecule has 0 N–H and O–H groups in total. The summed E-state index contributed by atoms with van der Waals surface area (Å²) >= 11 is 1.33. The number of aromatic nitrogens is 5. The number of thioether (sulfide) groups is 1. The Balaban J connectivity index is 1.48. The van der Waals surface area contributed by atoms with Gasteiger partial charge >= 0.3 is 0 Å². The molecule has 0 amide bonds. The molecule has 7 nitrogen and oxygen atoms in total. The largest absolute Gasteiger partial charge is 0.287 e. The first-order chi connectivity index (χ1) is 15.7. The fourth-order valence-electron chi connectivity index (χ4n) is 4.07. The van der Waals surface area contributed by atoms with E-state index >= 15 is 0 Å². The molecule has 8 heteroatoms. The second-order valence-electron chi connectivity index (χ2n) is 7.91. The standard InChI is InChI=1S/C24H23N5O2S/c30-22-18-10-4-6-12-20(18)25-24(28(22)15-14-17-8-2-1-3-9-17)32-16-29-23(31)19-11-5-7-13-21(19)26-27-29/h4-8,10-13H,1-3,9,14-16H2. The summed E-state index contributed by atoms with van der Waals surface area (Å²) in [5.41, 5.74) is 2.38. The molecule has 2 aromatic carbocycles. The highest BCUT2D eigenvalue weighted by Crippen LogP contribution is 2.23. The van der Waals surface area contributed by atoms with Crippen molar-refractivity contribution in [3.8, 4) is 0 Å². The minimum atomic E-state index is -0.204. The molecule has 0 unspecified atom stereocenters.